The van der Waals surface area contributed by atoms with Gasteiger partial charge in [-0.1, -0.05) is 0 Å². The summed E-state index contributed by atoms with van der Waals surface area (Å²) in [4.78, 5) is 0. The van der Waals surface area contributed by atoms with Gasteiger partial charge in [0.25, 0.3) is 0 Å². The molecule has 1 aromatic heterocycles. The van der Waals surface area contributed by atoms with E-state index in [1.165, 1.54) is 11.3 Å². The van der Waals surface area contributed by atoms with E-state index in [9.17, 15) is 0 Å². The highest BCUT2D eigenvalue weighted by molar-refractivity contribution is 7.12. The summed E-state index contributed by atoms with van der Waals surface area (Å²) in [6.45, 7) is 1.65. The predicted molar refractivity (Wildman–Crippen MR) is 38.5 cm³/mol. The van der Waals surface area contributed by atoms with E-state index >= 15 is 0 Å². The first-order chi connectivity index (χ1) is 4.22. The Morgan fingerprint density at radius 2 is 2.44 bits per heavy atom. The lowest BCUT2D eigenvalue weighted by Gasteiger charge is -1.90. The van der Waals surface area contributed by atoms with Gasteiger partial charge in [0.2, 0.25) is 0 Å². The zero-order valence-electron chi connectivity index (χ0n) is 5.01. The van der Waals surface area contributed by atoms with Crippen LogP contribution in [0.5, 0.6) is 5.06 Å². The predicted octanol–water partition coefficient (Wildman–Crippen LogP) is 1.84. The topological polar surface area (TPSA) is 44.1 Å². The maximum absolute atomic E-state index is 9.00. The molecule has 0 saturated carbocycles. The largest absolute Gasteiger partial charge is 0.499 e. The Bertz CT molecular complexity index is 229. The summed E-state index contributed by atoms with van der Waals surface area (Å²) < 4.78 is 0. The minimum Gasteiger partial charge on any atom is -0.499 e. The molecule has 0 radical (unpaired) electrons. The van der Waals surface area contributed by atoms with Crippen LogP contribution in [-0.2, 0) is 0 Å². The third kappa shape index (κ3) is 1.10. The second-order valence-corrected chi connectivity index (χ2v) is 2.66. The highest BCUT2D eigenvalue weighted by Gasteiger charge is 2.01. The first-order valence-electron chi connectivity index (χ1n) is 2.54. The maximum Gasteiger partial charge on any atom is 0.180 e. The average Bonchev–Trinajstić information content (AvgIpc) is 2.13. The van der Waals surface area contributed by atoms with Crippen LogP contribution in [0.1, 0.15) is 12.5 Å². The van der Waals surface area contributed by atoms with Crippen LogP contribution < -0.4 is 0 Å². The standard InChI is InChI=1S/C6H7NOS/c1-4(7)5-2-3-9-6(5)8/h2-3,7-8H,1H3. The SMILES string of the molecule is CC(=N)c1ccsc1O. The van der Waals surface area contributed by atoms with Gasteiger partial charge < -0.3 is 10.5 Å². The molecule has 0 aliphatic heterocycles. The minimum absolute atomic E-state index is 0.238. The minimum atomic E-state index is 0.238. The van der Waals surface area contributed by atoms with Crippen LogP contribution in [0.4, 0.5) is 0 Å². The summed E-state index contributed by atoms with van der Waals surface area (Å²) in [5.41, 5.74) is 1.05. The molecule has 1 aromatic rings. The van der Waals surface area contributed by atoms with Crippen molar-refractivity contribution in [3.63, 3.8) is 0 Å². The fraction of sp³-hybridized carbons (Fsp3) is 0.167. The van der Waals surface area contributed by atoms with Crippen molar-refractivity contribution in [3.8, 4) is 5.06 Å². The van der Waals surface area contributed by atoms with E-state index in [0.29, 0.717) is 11.3 Å². The molecule has 0 aliphatic carbocycles. The summed E-state index contributed by atoms with van der Waals surface area (Å²) in [5.74, 6) is 0. The molecule has 1 rings (SSSR count). The van der Waals surface area contributed by atoms with Crippen molar-refractivity contribution in [3.05, 3.63) is 17.0 Å². The summed E-state index contributed by atoms with van der Waals surface area (Å²) in [6.07, 6.45) is 0. The second-order valence-electron chi connectivity index (χ2n) is 1.76. The van der Waals surface area contributed by atoms with Crippen molar-refractivity contribution in [2.24, 2.45) is 0 Å². The van der Waals surface area contributed by atoms with Crippen molar-refractivity contribution < 1.29 is 5.11 Å². The lowest BCUT2D eigenvalue weighted by molar-refractivity contribution is 0.490. The molecule has 3 heteroatoms. The fourth-order valence-corrected chi connectivity index (χ4v) is 1.27. The van der Waals surface area contributed by atoms with E-state index in [0.717, 1.165) is 0 Å². The number of aromatic hydroxyl groups is 1. The lowest BCUT2D eigenvalue weighted by atomic mass is 10.2. The van der Waals surface area contributed by atoms with Gasteiger partial charge >= 0.3 is 0 Å². The van der Waals surface area contributed by atoms with Gasteiger partial charge in [0, 0.05) is 11.3 Å². The zero-order chi connectivity index (χ0) is 6.85. The van der Waals surface area contributed by atoms with Gasteiger partial charge in [0.1, 0.15) is 0 Å². The average molecular weight is 141 g/mol. The molecular weight excluding hydrogens is 134 g/mol. The van der Waals surface area contributed by atoms with Crippen molar-refractivity contribution in [2.75, 3.05) is 0 Å². The molecule has 1 heterocycles. The molecule has 0 saturated heterocycles. The smallest absolute Gasteiger partial charge is 0.180 e. The fourth-order valence-electron chi connectivity index (χ4n) is 0.587. The summed E-state index contributed by atoms with van der Waals surface area (Å²) >= 11 is 1.25. The van der Waals surface area contributed by atoms with Crippen LogP contribution in [0.2, 0.25) is 0 Å². The van der Waals surface area contributed by atoms with Gasteiger partial charge in [0.15, 0.2) is 5.06 Å². The van der Waals surface area contributed by atoms with Gasteiger partial charge in [0.05, 0.1) is 0 Å². The van der Waals surface area contributed by atoms with Crippen LogP contribution in [0, 0.1) is 5.41 Å². The Hall–Kier alpha value is -0.830. The Morgan fingerprint density at radius 3 is 2.67 bits per heavy atom. The van der Waals surface area contributed by atoms with E-state index in [1.54, 1.807) is 18.4 Å². The number of thiophene rings is 1. The number of nitrogens with one attached hydrogen (secondary N) is 1. The Kier molecular flexibility index (Phi) is 1.53. The Balaban J connectivity index is 3.08. The first-order valence-corrected chi connectivity index (χ1v) is 3.42. The van der Waals surface area contributed by atoms with Crippen molar-refractivity contribution in [1.82, 2.24) is 0 Å². The van der Waals surface area contributed by atoms with Crippen molar-refractivity contribution in [2.45, 2.75) is 6.92 Å². The van der Waals surface area contributed by atoms with Crippen molar-refractivity contribution >= 4 is 17.0 Å². The van der Waals surface area contributed by atoms with Crippen LogP contribution >= 0.6 is 11.3 Å². The van der Waals surface area contributed by atoms with Crippen molar-refractivity contribution in [1.29, 1.82) is 5.41 Å². The molecule has 0 amide bonds. The molecule has 48 valence electrons. The summed E-state index contributed by atoms with van der Waals surface area (Å²) in [7, 11) is 0. The Labute approximate surface area is 57.3 Å². The van der Waals surface area contributed by atoms with Crippen LogP contribution in [0.3, 0.4) is 0 Å². The maximum atomic E-state index is 9.00. The molecule has 0 aromatic carbocycles. The number of hydrogen-bond donors (Lipinski definition) is 2. The van der Waals surface area contributed by atoms with Crippen LogP contribution in [0.25, 0.3) is 0 Å². The van der Waals surface area contributed by atoms with Gasteiger partial charge in [-0.3, -0.25) is 0 Å². The van der Waals surface area contributed by atoms with E-state index < -0.39 is 0 Å². The highest BCUT2D eigenvalue weighted by Crippen LogP contribution is 2.23. The lowest BCUT2D eigenvalue weighted by Crippen LogP contribution is -1.86. The molecule has 0 bridgehead atoms. The van der Waals surface area contributed by atoms with E-state index in [2.05, 4.69) is 0 Å². The molecule has 2 nitrogen and oxygen atoms in total. The number of rotatable bonds is 1. The van der Waals surface area contributed by atoms with Gasteiger partial charge in [-0.25, -0.2) is 0 Å². The third-order valence-corrected chi connectivity index (χ3v) is 1.76. The third-order valence-electron chi connectivity index (χ3n) is 1.05. The van der Waals surface area contributed by atoms with Gasteiger partial charge in [-0.05, 0) is 18.4 Å². The van der Waals surface area contributed by atoms with Crippen LogP contribution in [-0.4, -0.2) is 10.8 Å². The molecule has 0 fully saturated rings. The van der Waals surface area contributed by atoms with E-state index in [1.807, 2.05) is 0 Å². The molecule has 0 unspecified atom stereocenters. The van der Waals surface area contributed by atoms with E-state index in [-0.39, 0.29) is 5.06 Å². The molecule has 9 heavy (non-hydrogen) atoms. The molecule has 0 atom stereocenters. The normalized spacial score (nSPS) is 9.44. The molecular formula is C6H7NOS. The van der Waals surface area contributed by atoms with Crippen LogP contribution in [0.15, 0.2) is 11.4 Å². The van der Waals surface area contributed by atoms with E-state index in [4.69, 9.17) is 10.5 Å². The van der Waals surface area contributed by atoms with Gasteiger partial charge in [-0.15, -0.1) is 11.3 Å². The molecule has 0 spiro atoms. The second kappa shape index (κ2) is 2.19. The molecule has 0 aliphatic rings. The summed E-state index contributed by atoms with van der Waals surface area (Å²) in [6, 6.07) is 1.74. The highest BCUT2D eigenvalue weighted by atomic mass is 32.1. The monoisotopic (exact) mass is 141 g/mol. The first kappa shape index (κ1) is 6.29. The number of hydrogen-bond acceptors (Lipinski definition) is 3. The zero-order valence-corrected chi connectivity index (χ0v) is 5.83. The quantitative estimate of drug-likeness (QED) is 0.576. The van der Waals surface area contributed by atoms with Gasteiger partial charge in [-0.2, -0.15) is 0 Å². The molecule has 2 N–H and O–H groups in total. The summed E-state index contributed by atoms with van der Waals surface area (Å²) in [5, 5.41) is 18.1. The Morgan fingerprint density at radius 1 is 1.78 bits per heavy atom.